The van der Waals surface area contributed by atoms with Crippen molar-refractivity contribution in [3.63, 3.8) is 0 Å². The molecular weight excluding hydrogens is 364 g/mol. The summed E-state index contributed by atoms with van der Waals surface area (Å²) in [5.41, 5.74) is 6.02. The van der Waals surface area contributed by atoms with Crippen LogP contribution in [0.2, 0.25) is 0 Å². The number of hydrogen-bond acceptors (Lipinski definition) is 4. The quantitative estimate of drug-likeness (QED) is 0.410. The zero-order valence-corrected chi connectivity index (χ0v) is 15.3. The first-order chi connectivity index (χ1) is 9.88. The smallest absolute Gasteiger partial charge is 0.550 e. The van der Waals surface area contributed by atoms with Crippen molar-refractivity contribution in [1.82, 2.24) is 0 Å². The van der Waals surface area contributed by atoms with Crippen molar-refractivity contribution >= 4 is 33.4 Å². The molecule has 0 bridgehead atoms. The molecule has 0 aliphatic carbocycles. The minimum atomic E-state index is -1.39. The Bertz CT molecular complexity index is 719. The zero-order chi connectivity index (χ0) is 15.6. The molecule has 2 aromatic rings. The molecule has 7 heteroatoms. The summed E-state index contributed by atoms with van der Waals surface area (Å²) in [7, 11) is 0. The van der Waals surface area contributed by atoms with E-state index >= 15 is 0 Å². The SMILES string of the molecule is Nc1c(CC(=O)[O-])cc(F)cc1C(=O)c1ccc(Br)cc1.[Na+]. The summed E-state index contributed by atoms with van der Waals surface area (Å²) in [5, 5.41) is 10.6. The summed E-state index contributed by atoms with van der Waals surface area (Å²) < 4.78 is 14.4. The van der Waals surface area contributed by atoms with Crippen LogP contribution in [0.3, 0.4) is 0 Å². The minimum absolute atomic E-state index is 0. The third-order valence-electron chi connectivity index (χ3n) is 2.92. The van der Waals surface area contributed by atoms with Gasteiger partial charge in [0.05, 0.1) is 0 Å². The molecule has 0 aliphatic rings. The average Bonchev–Trinajstić information content (AvgIpc) is 2.42. The van der Waals surface area contributed by atoms with Crippen molar-refractivity contribution in [2.75, 3.05) is 5.73 Å². The van der Waals surface area contributed by atoms with E-state index in [1.165, 1.54) is 0 Å². The van der Waals surface area contributed by atoms with E-state index in [9.17, 15) is 19.1 Å². The third-order valence-corrected chi connectivity index (χ3v) is 3.44. The fraction of sp³-hybridized carbons (Fsp3) is 0.0667. The van der Waals surface area contributed by atoms with Crippen LogP contribution in [0.4, 0.5) is 10.1 Å². The van der Waals surface area contributed by atoms with Gasteiger partial charge in [-0.05, 0) is 42.0 Å². The van der Waals surface area contributed by atoms with Gasteiger partial charge < -0.3 is 15.6 Å². The number of hydrogen-bond donors (Lipinski definition) is 1. The van der Waals surface area contributed by atoms with Crippen LogP contribution in [0.25, 0.3) is 0 Å². The number of carbonyl (C=O) groups excluding carboxylic acids is 2. The number of benzene rings is 2. The topological polar surface area (TPSA) is 83.2 Å². The van der Waals surface area contributed by atoms with Crippen LogP contribution in [0.1, 0.15) is 21.5 Å². The van der Waals surface area contributed by atoms with E-state index in [4.69, 9.17) is 5.73 Å². The Balaban J connectivity index is 0.00000242. The summed E-state index contributed by atoms with van der Waals surface area (Å²) in [4.78, 5) is 23.0. The van der Waals surface area contributed by atoms with Gasteiger partial charge in [0.15, 0.2) is 5.78 Å². The van der Waals surface area contributed by atoms with Gasteiger partial charge in [-0.1, -0.05) is 15.9 Å². The van der Waals surface area contributed by atoms with Gasteiger partial charge >= 0.3 is 29.6 Å². The van der Waals surface area contributed by atoms with E-state index < -0.39 is 24.0 Å². The van der Waals surface area contributed by atoms with Crippen molar-refractivity contribution in [3.8, 4) is 0 Å². The molecule has 0 saturated heterocycles. The maximum Gasteiger partial charge on any atom is 1.00 e. The predicted octanol–water partition coefficient (Wildman–Crippen LogP) is -1.30. The molecule has 0 radical (unpaired) electrons. The molecule has 2 aromatic carbocycles. The van der Waals surface area contributed by atoms with Gasteiger partial charge in [-0.2, -0.15) is 0 Å². The standard InChI is InChI=1S/C15H11BrFNO3.Na/c16-10-3-1-8(2-4-10)15(21)12-7-11(17)5-9(14(12)18)6-13(19)20;/h1-5,7H,6,18H2,(H,19,20);/q;+1/p-1. The number of nitrogens with two attached hydrogens (primary N) is 1. The van der Waals surface area contributed by atoms with Gasteiger partial charge in [0.25, 0.3) is 0 Å². The molecule has 0 saturated carbocycles. The normalized spacial score (nSPS) is 9.91. The van der Waals surface area contributed by atoms with E-state index in [1.54, 1.807) is 24.3 Å². The Labute approximate surface area is 156 Å². The van der Waals surface area contributed by atoms with Crippen LogP contribution in [0.15, 0.2) is 40.9 Å². The summed E-state index contributed by atoms with van der Waals surface area (Å²) in [5.74, 6) is -2.59. The van der Waals surface area contributed by atoms with Gasteiger partial charge in [-0.15, -0.1) is 0 Å². The third kappa shape index (κ3) is 4.39. The first-order valence-corrected chi connectivity index (χ1v) is 6.76. The number of halogens is 2. The van der Waals surface area contributed by atoms with Gasteiger partial charge in [-0.25, -0.2) is 4.39 Å². The summed E-state index contributed by atoms with van der Waals surface area (Å²) >= 11 is 3.25. The molecule has 0 spiro atoms. The Morgan fingerprint density at radius 2 is 1.77 bits per heavy atom. The zero-order valence-electron chi connectivity index (χ0n) is 11.7. The summed E-state index contributed by atoms with van der Waals surface area (Å²) in [6.07, 6.45) is -0.551. The second-order valence-electron chi connectivity index (χ2n) is 4.41. The first kappa shape index (κ1) is 18.8. The number of carboxylic acid groups (broad SMARTS) is 1. The molecule has 0 unspecified atom stereocenters. The number of aliphatic carboxylic acids is 1. The van der Waals surface area contributed by atoms with Crippen LogP contribution < -0.4 is 40.4 Å². The molecule has 0 fully saturated rings. The van der Waals surface area contributed by atoms with Crippen molar-refractivity contribution < 1.29 is 48.6 Å². The summed E-state index contributed by atoms with van der Waals surface area (Å²) in [6, 6.07) is 8.46. The van der Waals surface area contributed by atoms with Crippen LogP contribution >= 0.6 is 15.9 Å². The van der Waals surface area contributed by atoms with E-state index in [-0.39, 0.29) is 46.4 Å². The number of ketones is 1. The van der Waals surface area contributed by atoms with E-state index in [2.05, 4.69) is 15.9 Å². The molecule has 0 atom stereocenters. The number of carboxylic acids is 1. The number of carbonyl (C=O) groups is 2. The average molecular weight is 374 g/mol. The van der Waals surface area contributed by atoms with Gasteiger partial charge in [0.2, 0.25) is 0 Å². The molecule has 2 rings (SSSR count). The van der Waals surface area contributed by atoms with E-state index in [0.717, 1.165) is 16.6 Å². The molecule has 0 aliphatic heterocycles. The van der Waals surface area contributed by atoms with Crippen LogP contribution in [-0.2, 0) is 11.2 Å². The minimum Gasteiger partial charge on any atom is -0.550 e. The van der Waals surface area contributed by atoms with Crippen LogP contribution in [0.5, 0.6) is 0 Å². The predicted molar refractivity (Wildman–Crippen MR) is 77.1 cm³/mol. The maximum atomic E-state index is 13.6. The van der Waals surface area contributed by atoms with Crippen molar-refractivity contribution in [3.05, 3.63) is 63.4 Å². The Morgan fingerprint density at radius 3 is 2.32 bits per heavy atom. The molecule has 108 valence electrons. The first-order valence-electron chi connectivity index (χ1n) is 5.96. The van der Waals surface area contributed by atoms with Gasteiger partial charge in [0.1, 0.15) is 5.82 Å². The van der Waals surface area contributed by atoms with E-state index in [0.29, 0.717) is 5.56 Å². The monoisotopic (exact) mass is 373 g/mol. The Kier molecular flexibility index (Phi) is 6.74. The molecule has 0 amide bonds. The number of rotatable bonds is 4. The van der Waals surface area contributed by atoms with Crippen LogP contribution in [0, 0.1) is 5.82 Å². The van der Waals surface area contributed by atoms with E-state index in [1.807, 2.05) is 0 Å². The molecular formula is C15H10BrFNNaO3. The molecule has 0 aromatic heterocycles. The second kappa shape index (κ2) is 7.87. The molecule has 4 nitrogen and oxygen atoms in total. The molecule has 0 heterocycles. The molecule has 22 heavy (non-hydrogen) atoms. The summed E-state index contributed by atoms with van der Waals surface area (Å²) in [6.45, 7) is 0. The van der Waals surface area contributed by atoms with Gasteiger partial charge in [0, 0.05) is 33.7 Å². The Morgan fingerprint density at radius 1 is 1.18 bits per heavy atom. The number of anilines is 1. The maximum absolute atomic E-state index is 13.6. The fourth-order valence-electron chi connectivity index (χ4n) is 1.92. The molecule has 2 N–H and O–H groups in total. The Hall–Kier alpha value is -1.21. The number of nitrogen functional groups attached to an aromatic ring is 1. The van der Waals surface area contributed by atoms with Gasteiger partial charge in [-0.3, -0.25) is 4.79 Å². The largest absolute Gasteiger partial charge is 1.00 e. The second-order valence-corrected chi connectivity index (χ2v) is 5.33. The fourth-order valence-corrected chi connectivity index (χ4v) is 2.19. The van der Waals surface area contributed by atoms with Crippen molar-refractivity contribution in [2.45, 2.75) is 6.42 Å². The van der Waals surface area contributed by atoms with Crippen molar-refractivity contribution in [1.29, 1.82) is 0 Å². The van der Waals surface area contributed by atoms with Crippen LogP contribution in [-0.4, -0.2) is 11.8 Å². The van der Waals surface area contributed by atoms with Crippen molar-refractivity contribution in [2.24, 2.45) is 0 Å².